The van der Waals surface area contributed by atoms with Crippen LogP contribution in [0.5, 0.6) is 0 Å². The molecular formula is C11H18N3O+. The van der Waals surface area contributed by atoms with Gasteiger partial charge in [-0.15, -0.1) is 0 Å². The van der Waals surface area contributed by atoms with Crippen molar-refractivity contribution in [1.29, 1.82) is 0 Å². The van der Waals surface area contributed by atoms with E-state index in [2.05, 4.69) is 21.8 Å². The molecule has 0 bridgehead atoms. The van der Waals surface area contributed by atoms with Gasteiger partial charge in [0, 0.05) is 12.1 Å². The number of aromatic nitrogens is 1. The van der Waals surface area contributed by atoms with E-state index in [-0.39, 0.29) is 5.56 Å². The van der Waals surface area contributed by atoms with Crippen molar-refractivity contribution in [3.63, 3.8) is 0 Å². The van der Waals surface area contributed by atoms with Crippen LogP contribution in [0.4, 0.5) is 5.82 Å². The maximum atomic E-state index is 11.0. The monoisotopic (exact) mass is 208 g/mol. The third-order valence-electron chi connectivity index (χ3n) is 2.07. The highest BCUT2D eigenvalue weighted by Gasteiger charge is 1.96. The minimum absolute atomic E-state index is 0.0930. The molecule has 0 amide bonds. The highest BCUT2D eigenvalue weighted by atomic mass is 16.1. The van der Waals surface area contributed by atoms with Gasteiger partial charge in [-0.1, -0.05) is 19.4 Å². The second-order valence-electron chi connectivity index (χ2n) is 3.54. The smallest absolute Gasteiger partial charge is 0.251 e. The number of hydrogen-bond acceptors (Lipinski definition) is 1. The standard InChI is InChI=1S/C11H17N3O/c1-3-4-8-14(2)9-12-10-6-5-7-11(15)13-10/h5-7,9H,3-4,8H2,1-2H3,(H,13,15)/p+1. The second-order valence-corrected chi connectivity index (χ2v) is 3.54. The van der Waals surface area contributed by atoms with E-state index in [0.29, 0.717) is 5.82 Å². The second kappa shape index (κ2) is 6.01. The maximum Gasteiger partial charge on any atom is 0.251 e. The summed E-state index contributed by atoms with van der Waals surface area (Å²) in [7, 11) is 2.00. The van der Waals surface area contributed by atoms with Crippen LogP contribution in [-0.2, 0) is 0 Å². The van der Waals surface area contributed by atoms with Crippen LogP contribution in [0.15, 0.2) is 23.0 Å². The van der Waals surface area contributed by atoms with Gasteiger partial charge in [-0.3, -0.25) is 14.4 Å². The summed E-state index contributed by atoms with van der Waals surface area (Å²) in [5.74, 6) is 0.714. The Labute approximate surface area is 89.7 Å². The van der Waals surface area contributed by atoms with E-state index in [0.717, 1.165) is 6.54 Å². The summed E-state index contributed by atoms with van der Waals surface area (Å²) in [6, 6.07) is 5.04. The zero-order valence-electron chi connectivity index (χ0n) is 9.29. The summed E-state index contributed by atoms with van der Waals surface area (Å²) in [6.45, 7) is 3.18. The maximum absolute atomic E-state index is 11.0. The number of anilines is 1. The van der Waals surface area contributed by atoms with Crippen LogP contribution in [0.3, 0.4) is 0 Å². The van der Waals surface area contributed by atoms with E-state index in [1.807, 2.05) is 19.5 Å². The molecule has 0 spiro atoms. The predicted octanol–water partition coefficient (Wildman–Crippen LogP) is 1.26. The number of aromatic amines is 1. The van der Waals surface area contributed by atoms with Gasteiger partial charge in [-0.2, -0.15) is 0 Å². The van der Waals surface area contributed by atoms with E-state index in [9.17, 15) is 4.79 Å². The summed E-state index contributed by atoms with van der Waals surface area (Å²) < 4.78 is 2.06. The first kappa shape index (κ1) is 11.5. The van der Waals surface area contributed by atoms with Crippen LogP contribution in [0.25, 0.3) is 0 Å². The fourth-order valence-electron chi connectivity index (χ4n) is 1.18. The molecular weight excluding hydrogens is 190 g/mol. The number of hydrogen-bond donors (Lipinski definition) is 2. The molecule has 2 N–H and O–H groups in total. The highest BCUT2D eigenvalue weighted by Crippen LogP contribution is 1.94. The van der Waals surface area contributed by atoms with Gasteiger partial charge in [-0.25, -0.2) is 5.32 Å². The zero-order chi connectivity index (χ0) is 11.1. The lowest BCUT2D eigenvalue weighted by Gasteiger charge is -1.99. The van der Waals surface area contributed by atoms with Crippen molar-refractivity contribution < 1.29 is 4.58 Å². The average molecular weight is 208 g/mol. The molecule has 0 saturated carbocycles. The van der Waals surface area contributed by atoms with Gasteiger partial charge < -0.3 is 0 Å². The lowest BCUT2D eigenvalue weighted by atomic mass is 10.3. The molecule has 0 aliphatic carbocycles. The van der Waals surface area contributed by atoms with Crippen LogP contribution in [-0.4, -0.2) is 29.5 Å². The lowest BCUT2D eigenvalue weighted by molar-refractivity contribution is -0.493. The van der Waals surface area contributed by atoms with Gasteiger partial charge in [0.05, 0.1) is 13.6 Å². The highest BCUT2D eigenvalue weighted by molar-refractivity contribution is 5.69. The molecule has 4 heteroatoms. The fraction of sp³-hybridized carbons (Fsp3) is 0.455. The molecule has 1 heterocycles. The molecule has 4 nitrogen and oxygen atoms in total. The van der Waals surface area contributed by atoms with Crippen LogP contribution in [0.2, 0.25) is 0 Å². The molecule has 0 aliphatic rings. The van der Waals surface area contributed by atoms with E-state index >= 15 is 0 Å². The van der Waals surface area contributed by atoms with Gasteiger partial charge >= 0.3 is 0 Å². The van der Waals surface area contributed by atoms with Gasteiger partial charge in [0.1, 0.15) is 0 Å². The van der Waals surface area contributed by atoms with Crippen molar-refractivity contribution in [2.75, 3.05) is 18.9 Å². The fourth-order valence-corrected chi connectivity index (χ4v) is 1.18. The normalized spacial score (nSPS) is 11.5. The van der Waals surface area contributed by atoms with Crippen molar-refractivity contribution in [1.82, 2.24) is 4.98 Å². The molecule has 0 atom stereocenters. The number of pyridine rings is 1. The van der Waals surface area contributed by atoms with Crippen molar-refractivity contribution in [3.8, 4) is 0 Å². The minimum Gasteiger partial charge on any atom is -0.289 e. The summed E-state index contributed by atoms with van der Waals surface area (Å²) in [4.78, 5) is 13.7. The first-order valence-corrected chi connectivity index (χ1v) is 5.22. The molecule has 0 aliphatic heterocycles. The van der Waals surface area contributed by atoms with Crippen LogP contribution in [0, 0.1) is 0 Å². The van der Waals surface area contributed by atoms with Crippen molar-refractivity contribution >= 4 is 12.2 Å². The first-order chi connectivity index (χ1) is 7.22. The molecule has 0 unspecified atom stereocenters. The third-order valence-corrected chi connectivity index (χ3v) is 2.07. The number of nitrogens with zero attached hydrogens (tertiary/aromatic N) is 1. The van der Waals surface area contributed by atoms with Crippen LogP contribution in [0.1, 0.15) is 19.8 Å². The third kappa shape index (κ3) is 4.44. The van der Waals surface area contributed by atoms with Crippen molar-refractivity contribution in [3.05, 3.63) is 28.6 Å². The Hall–Kier alpha value is -1.58. The Morgan fingerprint density at radius 3 is 3.00 bits per heavy atom. The van der Waals surface area contributed by atoms with Gasteiger partial charge in [0.2, 0.25) is 6.34 Å². The Morgan fingerprint density at radius 1 is 1.53 bits per heavy atom. The summed E-state index contributed by atoms with van der Waals surface area (Å²) in [5, 5.41) is 3.04. The number of H-pyrrole nitrogens is 1. The molecule has 0 saturated heterocycles. The molecule has 82 valence electrons. The van der Waals surface area contributed by atoms with Crippen molar-refractivity contribution in [2.24, 2.45) is 0 Å². The molecule has 0 radical (unpaired) electrons. The SMILES string of the molecule is CCCC[N+](C)=CNc1cccc(=O)[nH]1. The molecule has 1 rings (SSSR count). The zero-order valence-corrected chi connectivity index (χ0v) is 9.29. The Balaban J connectivity index is 2.52. The largest absolute Gasteiger partial charge is 0.289 e. The Kier molecular flexibility index (Phi) is 4.60. The molecule has 1 aromatic rings. The van der Waals surface area contributed by atoms with E-state index in [4.69, 9.17) is 0 Å². The van der Waals surface area contributed by atoms with Gasteiger partial charge in [0.15, 0.2) is 5.82 Å². The minimum atomic E-state index is -0.0930. The molecule has 0 aromatic carbocycles. The predicted molar refractivity (Wildman–Crippen MR) is 62.7 cm³/mol. The lowest BCUT2D eigenvalue weighted by Crippen LogP contribution is -2.16. The average Bonchev–Trinajstić information content (AvgIpc) is 2.23. The number of rotatable bonds is 5. The van der Waals surface area contributed by atoms with E-state index < -0.39 is 0 Å². The van der Waals surface area contributed by atoms with E-state index in [1.54, 1.807) is 6.07 Å². The number of unbranched alkanes of at least 4 members (excludes halogenated alkanes) is 1. The van der Waals surface area contributed by atoms with Crippen molar-refractivity contribution in [2.45, 2.75) is 19.8 Å². The van der Waals surface area contributed by atoms with E-state index in [1.165, 1.54) is 18.9 Å². The Bertz CT molecular complexity index is 381. The van der Waals surface area contributed by atoms with Gasteiger partial charge in [0.25, 0.3) is 5.56 Å². The topological polar surface area (TPSA) is 47.9 Å². The molecule has 1 aromatic heterocycles. The van der Waals surface area contributed by atoms with Crippen LogP contribution >= 0.6 is 0 Å². The molecule has 0 fully saturated rings. The summed E-state index contributed by atoms with van der Waals surface area (Å²) in [6.07, 6.45) is 4.21. The first-order valence-electron chi connectivity index (χ1n) is 5.22. The molecule has 15 heavy (non-hydrogen) atoms. The van der Waals surface area contributed by atoms with Gasteiger partial charge in [-0.05, 0) is 6.42 Å². The summed E-state index contributed by atoms with van der Waals surface area (Å²) in [5.41, 5.74) is -0.0930. The number of nitrogens with one attached hydrogen (secondary N) is 2. The Morgan fingerprint density at radius 2 is 2.33 bits per heavy atom. The summed E-state index contributed by atoms with van der Waals surface area (Å²) >= 11 is 0. The van der Waals surface area contributed by atoms with Crippen LogP contribution < -0.4 is 10.9 Å². The quantitative estimate of drug-likeness (QED) is 0.435.